The Kier molecular flexibility index (Phi) is 5.94. The Balaban J connectivity index is 1.38. The first-order valence-electron chi connectivity index (χ1n) is 11.4. The van der Waals surface area contributed by atoms with Crippen LogP contribution in [0.5, 0.6) is 0 Å². The van der Waals surface area contributed by atoms with Gasteiger partial charge < -0.3 is 9.64 Å². The van der Waals surface area contributed by atoms with Crippen LogP contribution in [-0.4, -0.2) is 32.9 Å². The molecule has 0 aliphatic carbocycles. The summed E-state index contributed by atoms with van der Waals surface area (Å²) in [4.78, 5) is 28.4. The van der Waals surface area contributed by atoms with E-state index in [4.69, 9.17) is 4.74 Å². The quantitative estimate of drug-likeness (QED) is 0.355. The Hall–Kier alpha value is -3.12. The zero-order valence-electron chi connectivity index (χ0n) is 19.1. The lowest BCUT2D eigenvalue weighted by atomic mass is 9.87. The maximum absolute atomic E-state index is 14.2. The molecule has 0 saturated carbocycles. The molecular weight excluding hydrogens is 449 g/mol. The van der Waals surface area contributed by atoms with E-state index in [0.717, 1.165) is 11.1 Å². The topological polar surface area (TPSA) is 46.6 Å². The van der Waals surface area contributed by atoms with E-state index in [-0.39, 0.29) is 23.0 Å². The van der Waals surface area contributed by atoms with Gasteiger partial charge in [0.1, 0.15) is 11.9 Å². The summed E-state index contributed by atoms with van der Waals surface area (Å²) in [5, 5.41) is -0.174. The first-order chi connectivity index (χ1) is 16.4. The van der Waals surface area contributed by atoms with Crippen molar-refractivity contribution in [3.63, 3.8) is 0 Å². The Bertz CT molecular complexity index is 1160. The Labute approximate surface area is 203 Å². The molecule has 1 amide bonds. The zero-order chi connectivity index (χ0) is 23.9. The van der Waals surface area contributed by atoms with E-state index in [0.29, 0.717) is 12.0 Å². The number of rotatable bonds is 6. The molecule has 2 fully saturated rings. The van der Waals surface area contributed by atoms with Crippen molar-refractivity contribution in [2.45, 2.75) is 42.5 Å². The number of thioether (sulfide) groups is 1. The fourth-order valence-corrected chi connectivity index (χ4v) is 6.60. The minimum Gasteiger partial charge on any atom is -0.451 e. The number of hydrogen-bond donors (Lipinski definition) is 0. The molecule has 3 aromatic carbocycles. The SMILES string of the molecule is CC1(C)S[C@@H]2[C@H](Cc3ccccc3F)C(=O)N2[C@H]1C(=O)OC(c1ccccc1)c1ccccc1. The molecule has 0 spiro atoms. The smallest absolute Gasteiger partial charge is 0.331 e. The number of carbonyl (C=O) groups excluding carboxylic acids is 2. The number of carbonyl (C=O) groups is 2. The number of β-lactam (4-membered cyclic amide) rings is 1. The lowest BCUT2D eigenvalue weighted by Gasteiger charge is -2.44. The van der Waals surface area contributed by atoms with Gasteiger partial charge in [0, 0.05) is 4.75 Å². The van der Waals surface area contributed by atoms with Crippen molar-refractivity contribution in [1.29, 1.82) is 0 Å². The van der Waals surface area contributed by atoms with Crippen LogP contribution >= 0.6 is 11.8 Å². The highest BCUT2D eigenvalue weighted by atomic mass is 32.2. The van der Waals surface area contributed by atoms with Crippen LogP contribution in [0.15, 0.2) is 84.9 Å². The van der Waals surface area contributed by atoms with E-state index in [9.17, 15) is 14.0 Å². The van der Waals surface area contributed by atoms with Crippen LogP contribution in [0, 0.1) is 11.7 Å². The van der Waals surface area contributed by atoms with Gasteiger partial charge in [0.05, 0.1) is 11.3 Å². The van der Waals surface area contributed by atoms with E-state index in [1.165, 1.54) is 6.07 Å². The van der Waals surface area contributed by atoms with Crippen LogP contribution in [0.25, 0.3) is 0 Å². The monoisotopic (exact) mass is 475 g/mol. The van der Waals surface area contributed by atoms with Gasteiger partial charge in [-0.25, -0.2) is 9.18 Å². The fourth-order valence-electron chi connectivity index (χ4n) is 4.93. The van der Waals surface area contributed by atoms with Crippen molar-refractivity contribution in [1.82, 2.24) is 4.90 Å². The van der Waals surface area contributed by atoms with Crippen LogP contribution in [0.4, 0.5) is 4.39 Å². The summed E-state index contributed by atoms with van der Waals surface area (Å²) in [5.74, 6) is -1.20. The summed E-state index contributed by atoms with van der Waals surface area (Å²) in [6.45, 7) is 3.94. The van der Waals surface area contributed by atoms with Crippen molar-refractivity contribution in [3.05, 3.63) is 107 Å². The highest BCUT2D eigenvalue weighted by Crippen LogP contribution is 2.54. The number of ether oxygens (including phenoxy) is 1. The van der Waals surface area contributed by atoms with Crippen molar-refractivity contribution >= 4 is 23.6 Å². The molecule has 5 rings (SSSR count). The molecule has 0 N–H and O–H groups in total. The largest absolute Gasteiger partial charge is 0.451 e. The molecule has 0 aromatic heterocycles. The summed E-state index contributed by atoms with van der Waals surface area (Å²) < 4.78 is 19.8. The highest BCUT2D eigenvalue weighted by Gasteiger charge is 2.64. The molecule has 0 bridgehead atoms. The maximum Gasteiger partial charge on any atom is 0.331 e. The summed E-state index contributed by atoms with van der Waals surface area (Å²) in [6, 6.07) is 25.1. The van der Waals surface area contributed by atoms with E-state index in [2.05, 4.69) is 0 Å². The number of fused-ring (bicyclic) bond motifs is 1. The number of halogens is 1. The second kappa shape index (κ2) is 8.91. The molecule has 2 aliphatic rings. The molecule has 0 unspecified atom stereocenters. The van der Waals surface area contributed by atoms with Gasteiger partial charge in [-0.2, -0.15) is 0 Å². The van der Waals surface area contributed by atoms with Crippen molar-refractivity contribution in [2.75, 3.05) is 0 Å². The molecule has 2 aliphatic heterocycles. The molecule has 0 radical (unpaired) electrons. The van der Waals surface area contributed by atoms with Crippen LogP contribution < -0.4 is 0 Å². The number of benzene rings is 3. The molecule has 2 saturated heterocycles. The Morgan fingerprint density at radius 3 is 2.12 bits per heavy atom. The molecule has 6 heteroatoms. The summed E-state index contributed by atoms with van der Waals surface area (Å²) in [6.07, 6.45) is -0.242. The first-order valence-corrected chi connectivity index (χ1v) is 12.3. The third kappa shape index (κ3) is 4.00. The second-order valence-corrected chi connectivity index (χ2v) is 11.1. The third-order valence-electron chi connectivity index (χ3n) is 6.61. The standard InChI is InChI=1S/C28H26FNO3S/c1-28(2)24(30-25(31)21(26(30)34-28)17-20-15-9-10-16-22(20)29)27(32)33-23(18-11-5-3-6-12-18)19-13-7-4-8-14-19/h3-16,21,23-24,26H,17H2,1-2H3/t21-,24+,26-/m1/s1. The minimum atomic E-state index is -0.707. The van der Waals surface area contributed by atoms with Gasteiger partial charge in [0.2, 0.25) is 5.91 Å². The summed E-state index contributed by atoms with van der Waals surface area (Å²) in [5.41, 5.74) is 2.27. The number of hydrogen-bond acceptors (Lipinski definition) is 4. The van der Waals surface area contributed by atoms with Gasteiger partial charge in [-0.05, 0) is 43.0 Å². The second-order valence-electron chi connectivity index (χ2n) is 9.30. The van der Waals surface area contributed by atoms with Crippen LogP contribution in [0.3, 0.4) is 0 Å². The number of nitrogens with zero attached hydrogens (tertiary/aromatic N) is 1. The van der Waals surface area contributed by atoms with Gasteiger partial charge >= 0.3 is 5.97 Å². The average molecular weight is 476 g/mol. The third-order valence-corrected chi connectivity index (χ3v) is 8.24. The van der Waals surface area contributed by atoms with E-state index >= 15 is 0 Å². The molecular formula is C28H26FNO3S. The fraction of sp³-hybridized carbons (Fsp3) is 0.286. The van der Waals surface area contributed by atoms with E-state index in [1.807, 2.05) is 74.5 Å². The Morgan fingerprint density at radius 2 is 1.53 bits per heavy atom. The van der Waals surface area contributed by atoms with Gasteiger partial charge in [-0.1, -0.05) is 78.9 Å². The normalized spacial score (nSPS) is 22.9. The first kappa shape index (κ1) is 22.7. The molecule has 3 atom stereocenters. The van der Waals surface area contributed by atoms with Crippen molar-refractivity contribution < 1.29 is 18.7 Å². The predicted octanol–water partition coefficient (Wildman–Crippen LogP) is 5.38. The Morgan fingerprint density at radius 1 is 0.971 bits per heavy atom. The highest BCUT2D eigenvalue weighted by molar-refractivity contribution is 8.01. The van der Waals surface area contributed by atoms with E-state index < -0.39 is 22.9 Å². The molecule has 4 nitrogen and oxygen atoms in total. The lowest BCUT2D eigenvalue weighted by molar-refractivity contribution is -0.168. The van der Waals surface area contributed by atoms with Crippen LogP contribution in [0.2, 0.25) is 0 Å². The lowest BCUT2D eigenvalue weighted by Crippen LogP contribution is -2.63. The molecule has 2 heterocycles. The van der Waals surface area contributed by atoms with Crippen LogP contribution in [0.1, 0.15) is 36.6 Å². The maximum atomic E-state index is 14.2. The number of amides is 1. The molecule has 34 heavy (non-hydrogen) atoms. The molecule has 3 aromatic rings. The molecule has 174 valence electrons. The van der Waals surface area contributed by atoms with E-state index in [1.54, 1.807) is 34.9 Å². The van der Waals surface area contributed by atoms with Gasteiger partial charge in [-0.15, -0.1) is 11.8 Å². The minimum absolute atomic E-state index is 0.121. The van der Waals surface area contributed by atoms with Gasteiger partial charge in [0.15, 0.2) is 6.10 Å². The summed E-state index contributed by atoms with van der Waals surface area (Å²) >= 11 is 1.59. The average Bonchev–Trinajstić information content (AvgIpc) is 3.10. The van der Waals surface area contributed by atoms with Gasteiger partial charge in [-0.3, -0.25) is 4.79 Å². The van der Waals surface area contributed by atoms with Crippen LogP contribution in [-0.2, 0) is 20.7 Å². The predicted molar refractivity (Wildman–Crippen MR) is 131 cm³/mol. The van der Waals surface area contributed by atoms with Crippen molar-refractivity contribution in [3.8, 4) is 0 Å². The zero-order valence-corrected chi connectivity index (χ0v) is 19.9. The van der Waals surface area contributed by atoms with Gasteiger partial charge in [0.25, 0.3) is 0 Å². The summed E-state index contributed by atoms with van der Waals surface area (Å²) in [7, 11) is 0. The number of esters is 1. The van der Waals surface area contributed by atoms with Crippen molar-refractivity contribution in [2.24, 2.45) is 5.92 Å².